The first-order valence-corrected chi connectivity index (χ1v) is 11.3. The van der Waals surface area contributed by atoms with Crippen molar-refractivity contribution in [3.05, 3.63) is 64.5 Å². The van der Waals surface area contributed by atoms with Crippen LogP contribution in [0, 0.1) is 20.8 Å². The molecule has 3 aromatic rings. The molecule has 0 aliphatic carbocycles. The number of anilines is 2. The SMILES string of the molecule is COc1ccc(/C=C\c2onc(C)c2NC(C)=O)cc1S(=O)(=O)Nc1cccc(C)c1C. The number of rotatable bonds is 7. The molecule has 3 rings (SSSR count). The van der Waals surface area contributed by atoms with Gasteiger partial charge in [0.05, 0.1) is 12.8 Å². The fraction of sp³-hybridized carbons (Fsp3) is 0.217. The Kier molecular flexibility index (Phi) is 6.69. The van der Waals surface area contributed by atoms with Crippen molar-refractivity contribution < 1.29 is 22.5 Å². The zero-order valence-electron chi connectivity index (χ0n) is 18.5. The van der Waals surface area contributed by atoms with E-state index in [1.165, 1.54) is 20.1 Å². The van der Waals surface area contributed by atoms with Crippen LogP contribution in [0.2, 0.25) is 0 Å². The molecule has 8 nitrogen and oxygen atoms in total. The highest BCUT2D eigenvalue weighted by molar-refractivity contribution is 7.92. The molecule has 0 saturated carbocycles. The van der Waals surface area contributed by atoms with Crippen molar-refractivity contribution in [2.75, 3.05) is 17.1 Å². The summed E-state index contributed by atoms with van der Waals surface area (Å²) in [4.78, 5) is 11.4. The minimum absolute atomic E-state index is 0.00103. The Morgan fingerprint density at radius 3 is 2.56 bits per heavy atom. The number of methoxy groups -OCH3 is 1. The van der Waals surface area contributed by atoms with Gasteiger partial charge >= 0.3 is 0 Å². The summed E-state index contributed by atoms with van der Waals surface area (Å²) in [6.07, 6.45) is 3.28. The van der Waals surface area contributed by atoms with Crippen molar-refractivity contribution in [2.45, 2.75) is 32.6 Å². The number of amides is 1. The number of aromatic nitrogens is 1. The summed E-state index contributed by atoms with van der Waals surface area (Å²) < 4.78 is 39.5. The van der Waals surface area contributed by atoms with Gasteiger partial charge in [0.2, 0.25) is 5.91 Å². The average molecular weight is 456 g/mol. The monoisotopic (exact) mass is 455 g/mol. The van der Waals surface area contributed by atoms with Crippen LogP contribution in [0.3, 0.4) is 0 Å². The van der Waals surface area contributed by atoms with Gasteiger partial charge in [0.15, 0.2) is 5.76 Å². The Morgan fingerprint density at radius 1 is 1.12 bits per heavy atom. The molecule has 0 aliphatic heterocycles. The van der Waals surface area contributed by atoms with E-state index < -0.39 is 10.0 Å². The number of carbonyl (C=O) groups is 1. The molecule has 0 bridgehead atoms. The summed E-state index contributed by atoms with van der Waals surface area (Å²) in [7, 11) is -2.51. The van der Waals surface area contributed by atoms with Crippen molar-refractivity contribution in [3.63, 3.8) is 0 Å². The van der Waals surface area contributed by atoms with Gasteiger partial charge in [0, 0.05) is 6.92 Å². The van der Waals surface area contributed by atoms with Crippen molar-refractivity contribution in [1.29, 1.82) is 0 Å². The van der Waals surface area contributed by atoms with Gasteiger partial charge < -0.3 is 14.6 Å². The Hall–Kier alpha value is -3.59. The quantitative estimate of drug-likeness (QED) is 0.541. The molecule has 2 aromatic carbocycles. The van der Waals surface area contributed by atoms with Gasteiger partial charge in [-0.2, -0.15) is 0 Å². The number of nitrogens with one attached hydrogen (secondary N) is 2. The lowest BCUT2D eigenvalue weighted by Crippen LogP contribution is -2.15. The number of carbonyl (C=O) groups excluding carboxylic acids is 1. The van der Waals surface area contributed by atoms with Gasteiger partial charge in [-0.1, -0.05) is 29.4 Å². The fourth-order valence-electron chi connectivity index (χ4n) is 3.07. The van der Waals surface area contributed by atoms with Crippen LogP contribution < -0.4 is 14.8 Å². The minimum atomic E-state index is -3.92. The molecule has 0 radical (unpaired) electrons. The summed E-state index contributed by atoms with van der Waals surface area (Å²) in [5, 5.41) is 6.54. The predicted octanol–water partition coefficient (Wildman–Crippen LogP) is 4.54. The molecule has 9 heteroatoms. The van der Waals surface area contributed by atoms with Crippen LogP contribution >= 0.6 is 0 Å². The predicted molar refractivity (Wildman–Crippen MR) is 124 cm³/mol. The topological polar surface area (TPSA) is 111 Å². The van der Waals surface area contributed by atoms with Crippen molar-refractivity contribution in [1.82, 2.24) is 5.16 Å². The van der Waals surface area contributed by atoms with E-state index in [2.05, 4.69) is 15.2 Å². The molecule has 0 saturated heterocycles. The van der Waals surface area contributed by atoms with Crippen molar-refractivity contribution >= 4 is 39.5 Å². The van der Waals surface area contributed by atoms with Crippen LogP contribution in [-0.4, -0.2) is 26.6 Å². The molecule has 1 aromatic heterocycles. The van der Waals surface area contributed by atoms with Gasteiger partial charge in [0.1, 0.15) is 22.0 Å². The van der Waals surface area contributed by atoms with Gasteiger partial charge in [-0.25, -0.2) is 8.42 Å². The number of hydrogen-bond donors (Lipinski definition) is 2. The largest absolute Gasteiger partial charge is 0.495 e. The second kappa shape index (κ2) is 9.27. The maximum absolute atomic E-state index is 13.2. The number of hydrogen-bond acceptors (Lipinski definition) is 6. The van der Waals surface area contributed by atoms with Gasteiger partial charge in [0.25, 0.3) is 10.0 Å². The number of ether oxygens (including phenoxy) is 1. The Labute approximate surface area is 187 Å². The van der Waals surface area contributed by atoms with E-state index in [1.807, 2.05) is 19.9 Å². The van der Waals surface area contributed by atoms with Crippen molar-refractivity contribution in [2.24, 2.45) is 0 Å². The van der Waals surface area contributed by atoms with E-state index in [1.54, 1.807) is 43.3 Å². The molecule has 1 heterocycles. The molecule has 0 unspecified atom stereocenters. The maximum atomic E-state index is 13.2. The van der Waals surface area contributed by atoms with E-state index in [-0.39, 0.29) is 16.6 Å². The lowest BCUT2D eigenvalue weighted by molar-refractivity contribution is -0.114. The van der Waals surface area contributed by atoms with E-state index >= 15 is 0 Å². The van der Waals surface area contributed by atoms with Crippen LogP contribution in [0.5, 0.6) is 5.75 Å². The van der Waals surface area contributed by atoms with E-state index in [0.717, 1.165) is 11.1 Å². The molecule has 168 valence electrons. The summed E-state index contributed by atoms with van der Waals surface area (Å²) in [5.41, 5.74) is 3.92. The smallest absolute Gasteiger partial charge is 0.265 e. The molecule has 0 atom stereocenters. The van der Waals surface area contributed by atoms with Crippen molar-refractivity contribution in [3.8, 4) is 5.75 Å². The number of nitrogens with zero attached hydrogens (tertiary/aromatic N) is 1. The molecule has 1 amide bonds. The third-order valence-electron chi connectivity index (χ3n) is 4.94. The minimum Gasteiger partial charge on any atom is -0.495 e. The molecule has 0 aliphatic rings. The second-order valence-electron chi connectivity index (χ2n) is 7.29. The number of aryl methyl sites for hydroxylation is 2. The Morgan fingerprint density at radius 2 is 1.88 bits per heavy atom. The van der Waals surface area contributed by atoms with E-state index in [0.29, 0.717) is 28.4 Å². The van der Waals surface area contributed by atoms with Crippen LogP contribution in [0.15, 0.2) is 45.8 Å². The van der Waals surface area contributed by atoms with Gasteiger partial charge in [-0.15, -0.1) is 0 Å². The second-order valence-corrected chi connectivity index (χ2v) is 8.94. The van der Waals surface area contributed by atoms with E-state index in [9.17, 15) is 13.2 Å². The average Bonchev–Trinajstić information content (AvgIpc) is 3.08. The molecule has 32 heavy (non-hydrogen) atoms. The van der Waals surface area contributed by atoms with Crippen LogP contribution in [0.4, 0.5) is 11.4 Å². The molecule has 2 N–H and O–H groups in total. The van der Waals surface area contributed by atoms with E-state index in [4.69, 9.17) is 9.26 Å². The first-order valence-electron chi connectivity index (χ1n) is 9.81. The maximum Gasteiger partial charge on any atom is 0.265 e. The molecule has 0 spiro atoms. The standard InChI is InChI=1S/C23H25N3O5S/c1-14-7-6-8-19(15(14)2)26-32(28,29)22-13-18(9-11-20(22)30-5)10-12-21-23(24-17(4)27)16(3)25-31-21/h6-13,26H,1-5H3,(H,24,27)/b12-10-. The first kappa shape index (κ1) is 23.1. The van der Waals surface area contributed by atoms with Gasteiger partial charge in [-0.05, 0) is 61.7 Å². The zero-order chi connectivity index (χ0) is 23.5. The van der Waals surface area contributed by atoms with Crippen LogP contribution in [-0.2, 0) is 14.8 Å². The van der Waals surface area contributed by atoms with Crippen LogP contribution in [0.25, 0.3) is 12.2 Å². The van der Waals surface area contributed by atoms with Gasteiger partial charge in [-0.3, -0.25) is 9.52 Å². The summed E-state index contributed by atoms with van der Waals surface area (Å²) in [6.45, 7) is 6.88. The highest BCUT2D eigenvalue weighted by Gasteiger charge is 2.21. The lowest BCUT2D eigenvalue weighted by Gasteiger charge is -2.14. The molecular weight excluding hydrogens is 430 g/mol. The Bertz CT molecular complexity index is 1290. The molecule has 0 fully saturated rings. The summed E-state index contributed by atoms with van der Waals surface area (Å²) in [5.74, 6) is 0.321. The highest BCUT2D eigenvalue weighted by atomic mass is 32.2. The Balaban J connectivity index is 1.96. The fourth-order valence-corrected chi connectivity index (χ4v) is 4.40. The number of benzene rings is 2. The lowest BCUT2D eigenvalue weighted by atomic mass is 10.1. The summed E-state index contributed by atoms with van der Waals surface area (Å²) in [6, 6.07) is 10.2. The van der Waals surface area contributed by atoms with Crippen LogP contribution in [0.1, 0.15) is 35.1 Å². The highest BCUT2D eigenvalue weighted by Crippen LogP contribution is 2.30. The third-order valence-corrected chi connectivity index (χ3v) is 6.33. The summed E-state index contributed by atoms with van der Waals surface area (Å²) >= 11 is 0. The zero-order valence-corrected chi connectivity index (χ0v) is 19.3. The molecular formula is C23H25N3O5S. The first-order chi connectivity index (χ1) is 15.1. The third kappa shape index (κ3) is 5.00. The number of sulfonamides is 1. The normalized spacial score (nSPS) is 11.5.